The fraction of sp³-hybridized carbons (Fsp3) is 0.579. The predicted molar refractivity (Wildman–Crippen MR) is 105 cm³/mol. The number of morpholine rings is 1. The van der Waals surface area contributed by atoms with Crippen LogP contribution in [-0.2, 0) is 11.2 Å². The molecule has 1 N–H and O–H groups in total. The summed E-state index contributed by atoms with van der Waals surface area (Å²) in [6.45, 7) is 7.18. The van der Waals surface area contributed by atoms with E-state index in [4.69, 9.17) is 9.72 Å². The highest BCUT2D eigenvalue weighted by molar-refractivity contribution is 5.42. The number of nitrogens with zero attached hydrogens (tertiary/aromatic N) is 6. The molecule has 2 aromatic rings. The Morgan fingerprint density at radius 1 is 1.00 bits per heavy atom. The second-order valence-electron chi connectivity index (χ2n) is 6.99. The van der Waals surface area contributed by atoms with Crippen LogP contribution in [0.3, 0.4) is 0 Å². The van der Waals surface area contributed by atoms with Gasteiger partial charge >= 0.3 is 0 Å². The molecular formula is C19H27N7O. The number of hydrogen-bond acceptors (Lipinski definition) is 8. The normalized spacial score (nSPS) is 18.6. The van der Waals surface area contributed by atoms with Gasteiger partial charge in [-0.3, -0.25) is 0 Å². The summed E-state index contributed by atoms with van der Waals surface area (Å²) in [7, 11) is 0. The predicted octanol–water partition coefficient (Wildman–Crippen LogP) is 1.75. The van der Waals surface area contributed by atoms with E-state index in [0.717, 1.165) is 76.4 Å². The highest BCUT2D eigenvalue weighted by atomic mass is 16.5. The highest BCUT2D eigenvalue weighted by Crippen LogP contribution is 2.20. The van der Waals surface area contributed by atoms with Gasteiger partial charge in [0.05, 0.1) is 13.2 Å². The summed E-state index contributed by atoms with van der Waals surface area (Å²) < 4.78 is 5.40. The van der Waals surface area contributed by atoms with Crippen molar-refractivity contribution in [1.82, 2.24) is 19.9 Å². The fourth-order valence-electron chi connectivity index (χ4n) is 3.47. The molecule has 27 heavy (non-hydrogen) atoms. The zero-order valence-corrected chi connectivity index (χ0v) is 15.8. The second-order valence-corrected chi connectivity index (χ2v) is 6.99. The van der Waals surface area contributed by atoms with E-state index in [1.54, 1.807) is 0 Å². The fourth-order valence-corrected chi connectivity index (χ4v) is 3.47. The van der Waals surface area contributed by atoms with Gasteiger partial charge < -0.3 is 19.9 Å². The third kappa shape index (κ3) is 4.44. The molecule has 0 aliphatic carbocycles. The minimum Gasteiger partial charge on any atom is -0.378 e. The Labute approximate surface area is 160 Å². The van der Waals surface area contributed by atoms with Gasteiger partial charge in [-0.2, -0.15) is 4.98 Å². The SMILES string of the molecule is CCc1cnc(N2CCC(Nc3ccnc(N4CCOCC4)n3)CC2)nc1. The van der Waals surface area contributed by atoms with E-state index in [1.165, 1.54) is 5.56 Å². The number of aryl methyl sites for hydroxylation is 1. The lowest BCUT2D eigenvalue weighted by Crippen LogP contribution is -2.40. The van der Waals surface area contributed by atoms with Crippen LogP contribution in [0.4, 0.5) is 17.7 Å². The number of aromatic nitrogens is 4. The van der Waals surface area contributed by atoms with E-state index < -0.39 is 0 Å². The van der Waals surface area contributed by atoms with Gasteiger partial charge in [-0.1, -0.05) is 6.92 Å². The van der Waals surface area contributed by atoms with Gasteiger partial charge in [0, 0.05) is 50.8 Å². The van der Waals surface area contributed by atoms with Crippen molar-refractivity contribution in [3.05, 3.63) is 30.2 Å². The lowest BCUT2D eigenvalue weighted by molar-refractivity contribution is 0.122. The maximum atomic E-state index is 5.40. The van der Waals surface area contributed by atoms with Crippen molar-refractivity contribution in [3.63, 3.8) is 0 Å². The Bertz CT molecular complexity index is 725. The lowest BCUT2D eigenvalue weighted by Gasteiger charge is -2.33. The first-order valence-electron chi connectivity index (χ1n) is 9.80. The average molecular weight is 369 g/mol. The van der Waals surface area contributed by atoms with E-state index in [-0.39, 0.29) is 0 Å². The van der Waals surface area contributed by atoms with Gasteiger partial charge in [0.1, 0.15) is 5.82 Å². The zero-order valence-electron chi connectivity index (χ0n) is 15.8. The Morgan fingerprint density at radius 2 is 1.70 bits per heavy atom. The van der Waals surface area contributed by atoms with Crippen LogP contribution in [0.2, 0.25) is 0 Å². The molecule has 2 aliphatic rings. The molecular weight excluding hydrogens is 342 g/mol. The average Bonchev–Trinajstić information content (AvgIpc) is 2.75. The van der Waals surface area contributed by atoms with Crippen LogP contribution >= 0.6 is 0 Å². The lowest BCUT2D eigenvalue weighted by atomic mass is 10.1. The van der Waals surface area contributed by atoms with Gasteiger partial charge in [0.25, 0.3) is 0 Å². The summed E-state index contributed by atoms with van der Waals surface area (Å²) >= 11 is 0. The minimum atomic E-state index is 0.406. The van der Waals surface area contributed by atoms with Crippen LogP contribution in [0.25, 0.3) is 0 Å². The third-order valence-electron chi connectivity index (χ3n) is 5.17. The molecule has 8 nitrogen and oxygen atoms in total. The van der Waals surface area contributed by atoms with Crippen molar-refractivity contribution in [2.45, 2.75) is 32.2 Å². The molecule has 0 bridgehead atoms. The van der Waals surface area contributed by atoms with Crippen molar-refractivity contribution >= 4 is 17.7 Å². The van der Waals surface area contributed by atoms with Crippen molar-refractivity contribution in [2.24, 2.45) is 0 Å². The molecule has 8 heteroatoms. The summed E-state index contributed by atoms with van der Waals surface area (Å²) in [5, 5.41) is 3.57. The molecule has 0 unspecified atom stereocenters. The summed E-state index contributed by atoms with van der Waals surface area (Å²) in [4.78, 5) is 22.6. The van der Waals surface area contributed by atoms with Crippen molar-refractivity contribution in [1.29, 1.82) is 0 Å². The Kier molecular flexibility index (Phi) is 5.62. The molecule has 0 radical (unpaired) electrons. The van der Waals surface area contributed by atoms with E-state index in [9.17, 15) is 0 Å². The second kappa shape index (κ2) is 8.47. The Morgan fingerprint density at radius 3 is 2.41 bits per heavy atom. The molecule has 2 fully saturated rings. The standard InChI is InChI=1S/C19H27N7O/c1-2-15-13-21-18(22-14-15)25-7-4-16(5-8-25)23-17-3-6-20-19(24-17)26-9-11-27-12-10-26/h3,6,13-14,16H,2,4-5,7-12H2,1H3,(H,20,23,24). The van der Waals surface area contributed by atoms with Crippen molar-refractivity contribution in [3.8, 4) is 0 Å². The van der Waals surface area contributed by atoms with Gasteiger partial charge in [0.2, 0.25) is 11.9 Å². The zero-order chi connectivity index (χ0) is 18.5. The maximum Gasteiger partial charge on any atom is 0.227 e. The molecule has 2 aliphatic heterocycles. The number of ether oxygens (including phenoxy) is 1. The Balaban J connectivity index is 1.32. The summed E-state index contributed by atoms with van der Waals surface area (Å²) in [5.74, 6) is 2.51. The molecule has 0 aromatic carbocycles. The molecule has 144 valence electrons. The van der Waals surface area contributed by atoms with E-state index >= 15 is 0 Å². The number of piperidine rings is 1. The minimum absolute atomic E-state index is 0.406. The number of hydrogen-bond donors (Lipinski definition) is 1. The maximum absolute atomic E-state index is 5.40. The molecule has 4 heterocycles. The first-order chi connectivity index (χ1) is 13.3. The molecule has 0 spiro atoms. The molecule has 2 saturated heterocycles. The molecule has 0 amide bonds. The van der Waals surface area contributed by atoms with Gasteiger partial charge in [-0.05, 0) is 30.9 Å². The topological polar surface area (TPSA) is 79.3 Å². The molecule has 2 aromatic heterocycles. The van der Waals surface area contributed by atoms with Crippen LogP contribution < -0.4 is 15.1 Å². The van der Waals surface area contributed by atoms with Crippen molar-refractivity contribution < 1.29 is 4.74 Å². The van der Waals surface area contributed by atoms with Crippen molar-refractivity contribution in [2.75, 3.05) is 54.5 Å². The Hall–Kier alpha value is -2.48. The largest absolute Gasteiger partial charge is 0.378 e. The van der Waals surface area contributed by atoms with E-state index in [2.05, 4.69) is 37.0 Å². The molecule has 4 rings (SSSR count). The van der Waals surface area contributed by atoms with Gasteiger partial charge in [-0.15, -0.1) is 0 Å². The molecule has 0 atom stereocenters. The quantitative estimate of drug-likeness (QED) is 0.854. The monoisotopic (exact) mass is 369 g/mol. The number of anilines is 3. The number of nitrogens with one attached hydrogen (secondary N) is 1. The van der Waals surface area contributed by atoms with Crippen LogP contribution in [-0.4, -0.2) is 65.4 Å². The smallest absolute Gasteiger partial charge is 0.227 e. The van der Waals surface area contributed by atoms with Crippen LogP contribution in [0, 0.1) is 0 Å². The van der Waals surface area contributed by atoms with Crippen LogP contribution in [0.1, 0.15) is 25.3 Å². The van der Waals surface area contributed by atoms with Crippen LogP contribution in [0.5, 0.6) is 0 Å². The third-order valence-corrected chi connectivity index (χ3v) is 5.17. The van der Waals surface area contributed by atoms with Gasteiger partial charge in [-0.25, -0.2) is 15.0 Å². The van der Waals surface area contributed by atoms with Gasteiger partial charge in [0.15, 0.2) is 0 Å². The van der Waals surface area contributed by atoms with E-state index in [0.29, 0.717) is 6.04 Å². The summed E-state index contributed by atoms with van der Waals surface area (Å²) in [5.41, 5.74) is 1.18. The summed E-state index contributed by atoms with van der Waals surface area (Å²) in [6.07, 6.45) is 8.74. The van der Waals surface area contributed by atoms with E-state index in [1.807, 2.05) is 24.7 Å². The first kappa shape index (κ1) is 17.9. The summed E-state index contributed by atoms with van der Waals surface area (Å²) in [6, 6.07) is 2.35. The van der Waals surface area contributed by atoms with Crippen LogP contribution in [0.15, 0.2) is 24.7 Å². The molecule has 0 saturated carbocycles. The highest BCUT2D eigenvalue weighted by Gasteiger charge is 2.21. The number of rotatable bonds is 5. The first-order valence-corrected chi connectivity index (χ1v) is 9.80.